The van der Waals surface area contributed by atoms with E-state index in [-0.39, 0.29) is 11.3 Å². The van der Waals surface area contributed by atoms with Gasteiger partial charge in [0.25, 0.3) is 0 Å². The minimum atomic E-state index is -0.231. The second kappa shape index (κ2) is 1.62. The summed E-state index contributed by atoms with van der Waals surface area (Å²) in [6, 6.07) is 0. The zero-order chi connectivity index (χ0) is 7.19. The molecule has 2 aliphatic carbocycles. The monoisotopic (exact) mass is 137 g/mol. The molecule has 0 spiro atoms. The fourth-order valence-electron chi connectivity index (χ4n) is 2.06. The van der Waals surface area contributed by atoms with Crippen molar-refractivity contribution in [3.63, 3.8) is 0 Å². The number of hydrogen-bond acceptors (Lipinski definition) is 1. The molecule has 1 amide bonds. The van der Waals surface area contributed by atoms with Crippen LogP contribution in [0, 0.1) is 11.3 Å². The van der Waals surface area contributed by atoms with Crippen molar-refractivity contribution in [2.45, 2.75) is 19.3 Å². The summed E-state index contributed by atoms with van der Waals surface area (Å²) in [4.78, 5) is 11.0. The minimum absolute atomic E-state index is 0.135. The molecule has 1 unspecified atom stereocenters. The number of amides is 1. The van der Waals surface area contributed by atoms with Crippen LogP contribution in [0.3, 0.4) is 0 Å². The van der Waals surface area contributed by atoms with E-state index in [1.807, 2.05) is 6.08 Å². The van der Waals surface area contributed by atoms with Gasteiger partial charge in [0.2, 0.25) is 5.91 Å². The van der Waals surface area contributed by atoms with Crippen LogP contribution in [-0.4, -0.2) is 5.91 Å². The van der Waals surface area contributed by atoms with E-state index in [9.17, 15) is 4.79 Å². The van der Waals surface area contributed by atoms with Gasteiger partial charge in [0, 0.05) is 0 Å². The Hall–Kier alpha value is -0.790. The molecule has 2 bridgehead atoms. The fraction of sp³-hybridized carbons (Fsp3) is 0.625. The molecule has 2 nitrogen and oxygen atoms in total. The quantitative estimate of drug-likeness (QED) is 0.534. The molecule has 1 fully saturated rings. The van der Waals surface area contributed by atoms with Gasteiger partial charge in [-0.1, -0.05) is 12.2 Å². The van der Waals surface area contributed by atoms with Gasteiger partial charge in [0.15, 0.2) is 0 Å². The van der Waals surface area contributed by atoms with Crippen molar-refractivity contribution in [3.8, 4) is 0 Å². The summed E-state index contributed by atoms with van der Waals surface area (Å²) in [6.45, 7) is 0. The summed E-state index contributed by atoms with van der Waals surface area (Å²) in [5.41, 5.74) is 5.05. The van der Waals surface area contributed by atoms with Crippen molar-refractivity contribution in [3.05, 3.63) is 12.2 Å². The molecule has 2 aliphatic rings. The molecule has 0 aromatic carbocycles. The molecule has 0 radical (unpaired) electrons. The highest BCUT2D eigenvalue weighted by Gasteiger charge is 2.44. The molecule has 2 atom stereocenters. The Morgan fingerprint density at radius 2 is 2.50 bits per heavy atom. The molecule has 0 heterocycles. The van der Waals surface area contributed by atoms with Gasteiger partial charge in [-0.05, 0) is 25.2 Å². The predicted molar refractivity (Wildman–Crippen MR) is 38.1 cm³/mol. The summed E-state index contributed by atoms with van der Waals surface area (Å²) in [6.07, 6.45) is 7.24. The van der Waals surface area contributed by atoms with Gasteiger partial charge in [0.05, 0.1) is 5.41 Å². The van der Waals surface area contributed by atoms with Gasteiger partial charge in [-0.15, -0.1) is 0 Å². The van der Waals surface area contributed by atoms with Crippen LogP contribution in [0.5, 0.6) is 0 Å². The van der Waals surface area contributed by atoms with Gasteiger partial charge in [-0.2, -0.15) is 0 Å². The number of carbonyl (C=O) groups excluding carboxylic acids is 1. The van der Waals surface area contributed by atoms with Crippen LogP contribution in [0.1, 0.15) is 19.3 Å². The Morgan fingerprint density at radius 1 is 1.70 bits per heavy atom. The van der Waals surface area contributed by atoms with E-state index < -0.39 is 0 Å². The average Bonchev–Trinajstić information content (AvgIpc) is 2.45. The van der Waals surface area contributed by atoms with Crippen LogP contribution < -0.4 is 5.73 Å². The first-order valence-electron chi connectivity index (χ1n) is 3.72. The topological polar surface area (TPSA) is 43.1 Å². The standard InChI is InChI=1S/C8H11NO/c9-7(10)8-3-1-6(5-8)2-4-8/h1,3,6H,2,4-5H2,(H2,9,10)/t6?,8-/m1/s1. The SMILES string of the molecule is NC(=O)[C@]12C=CC(CC1)C2. The van der Waals surface area contributed by atoms with E-state index in [0.29, 0.717) is 5.92 Å². The summed E-state index contributed by atoms with van der Waals surface area (Å²) in [5.74, 6) is 0.510. The van der Waals surface area contributed by atoms with Gasteiger partial charge in [-0.3, -0.25) is 4.79 Å². The van der Waals surface area contributed by atoms with Gasteiger partial charge < -0.3 is 5.73 Å². The van der Waals surface area contributed by atoms with E-state index in [1.165, 1.54) is 0 Å². The maximum absolute atomic E-state index is 11.0. The zero-order valence-corrected chi connectivity index (χ0v) is 5.84. The molecule has 1 saturated carbocycles. The lowest BCUT2D eigenvalue weighted by molar-refractivity contribution is -0.124. The first-order valence-corrected chi connectivity index (χ1v) is 3.72. The van der Waals surface area contributed by atoms with E-state index in [1.54, 1.807) is 0 Å². The van der Waals surface area contributed by atoms with Crippen molar-refractivity contribution >= 4 is 5.91 Å². The van der Waals surface area contributed by atoms with E-state index in [4.69, 9.17) is 5.73 Å². The largest absolute Gasteiger partial charge is 0.369 e. The van der Waals surface area contributed by atoms with Crippen LogP contribution in [0.25, 0.3) is 0 Å². The normalized spacial score (nSPS) is 42.6. The number of primary amides is 1. The highest BCUT2D eigenvalue weighted by atomic mass is 16.1. The molecule has 0 aliphatic heterocycles. The number of allylic oxidation sites excluding steroid dienone is 1. The Balaban J connectivity index is 2.32. The lowest BCUT2D eigenvalue weighted by Crippen LogP contribution is -2.31. The van der Waals surface area contributed by atoms with Gasteiger partial charge in [0.1, 0.15) is 0 Å². The smallest absolute Gasteiger partial charge is 0.227 e. The van der Waals surface area contributed by atoms with Crippen LogP contribution in [0.2, 0.25) is 0 Å². The van der Waals surface area contributed by atoms with Crippen LogP contribution in [0.4, 0.5) is 0 Å². The predicted octanol–water partition coefficient (Wildman–Crippen LogP) is 0.828. The second-order valence-electron chi connectivity index (χ2n) is 3.38. The van der Waals surface area contributed by atoms with Crippen molar-refractivity contribution in [2.24, 2.45) is 17.1 Å². The van der Waals surface area contributed by atoms with Crippen LogP contribution in [0.15, 0.2) is 12.2 Å². The molecule has 2 N–H and O–H groups in total. The number of hydrogen-bond donors (Lipinski definition) is 1. The van der Waals surface area contributed by atoms with Crippen molar-refractivity contribution in [1.29, 1.82) is 0 Å². The van der Waals surface area contributed by atoms with Gasteiger partial charge >= 0.3 is 0 Å². The third-order valence-electron chi connectivity index (χ3n) is 2.77. The third-order valence-corrected chi connectivity index (χ3v) is 2.77. The Labute approximate surface area is 60.1 Å². The second-order valence-corrected chi connectivity index (χ2v) is 3.38. The lowest BCUT2D eigenvalue weighted by atomic mass is 9.87. The summed E-state index contributed by atoms with van der Waals surface area (Å²) < 4.78 is 0. The average molecular weight is 137 g/mol. The molecule has 2 rings (SSSR count). The molecule has 2 heteroatoms. The van der Waals surface area contributed by atoms with Crippen molar-refractivity contribution in [2.75, 3.05) is 0 Å². The zero-order valence-electron chi connectivity index (χ0n) is 5.84. The summed E-state index contributed by atoms with van der Waals surface area (Å²) in [7, 11) is 0. The third kappa shape index (κ3) is 0.564. The van der Waals surface area contributed by atoms with Crippen molar-refractivity contribution < 1.29 is 4.79 Å². The number of rotatable bonds is 1. The first kappa shape index (κ1) is 5.96. The molecule has 0 saturated heterocycles. The number of fused-ring (bicyclic) bond motifs is 2. The van der Waals surface area contributed by atoms with Crippen LogP contribution >= 0.6 is 0 Å². The van der Waals surface area contributed by atoms with E-state index in [0.717, 1.165) is 19.3 Å². The van der Waals surface area contributed by atoms with Gasteiger partial charge in [-0.25, -0.2) is 0 Å². The molecule has 0 aromatic heterocycles. The Morgan fingerprint density at radius 3 is 2.70 bits per heavy atom. The molecule has 54 valence electrons. The van der Waals surface area contributed by atoms with Crippen molar-refractivity contribution in [1.82, 2.24) is 0 Å². The molecular weight excluding hydrogens is 126 g/mol. The number of carbonyl (C=O) groups is 1. The van der Waals surface area contributed by atoms with E-state index in [2.05, 4.69) is 6.08 Å². The highest BCUT2D eigenvalue weighted by Crippen LogP contribution is 2.48. The Bertz CT molecular complexity index is 209. The molecular formula is C8H11NO. The fourth-order valence-corrected chi connectivity index (χ4v) is 2.06. The van der Waals surface area contributed by atoms with Crippen LogP contribution in [-0.2, 0) is 4.79 Å². The lowest BCUT2D eigenvalue weighted by Gasteiger charge is -2.17. The first-order chi connectivity index (χ1) is 4.73. The molecule has 0 aromatic rings. The Kier molecular flexibility index (Phi) is 0.967. The maximum Gasteiger partial charge on any atom is 0.227 e. The van der Waals surface area contributed by atoms with E-state index >= 15 is 0 Å². The number of nitrogens with two attached hydrogens (primary N) is 1. The summed E-state index contributed by atoms with van der Waals surface area (Å²) in [5, 5.41) is 0. The highest BCUT2D eigenvalue weighted by molar-refractivity contribution is 5.84. The summed E-state index contributed by atoms with van der Waals surface area (Å²) >= 11 is 0. The minimum Gasteiger partial charge on any atom is -0.369 e. The maximum atomic E-state index is 11.0. The molecule has 10 heavy (non-hydrogen) atoms.